The lowest BCUT2D eigenvalue weighted by Gasteiger charge is -2.46. The Bertz CT molecular complexity index is 1550. The van der Waals surface area contributed by atoms with Gasteiger partial charge in [-0.25, -0.2) is 13.1 Å². The SMILES string of the molecule is COCC[C@H]1C[C@@H](C)/C=C/[C@H](OC)[C@@H]2CC[C@H]2CN2C[C@@]3(CCCc4cc(Cl)ccc43)COc3ccc(cc32)C(=O)NS1(=O)=O. The van der Waals surface area contributed by atoms with Gasteiger partial charge in [0.2, 0.25) is 10.0 Å². The number of ether oxygens (including phenoxy) is 3. The smallest absolute Gasteiger partial charge is 0.264 e. The van der Waals surface area contributed by atoms with Gasteiger partial charge in [0, 0.05) is 49.9 Å². The number of benzene rings is 2. The number of halogens is 1. The molecule has 6 atom stereocenters. The van der Waals surface area contributed by atoms with Gasteiger partial charge < -0.3 is 19.1 Å². The zero-order valence-electron chi connectivity index (χ0n) is 26.5. The van der Waals surface area contributed by atoms with Crippen LogP contribution in [-0.2, 0) is 31.3 Å². The molecule has 6 rings (SSSR count). The molecule has 2 aromatic rings. The Balaban J connectivity index is 1.42. The second kappa shape index (κ2) is 13.3. The summed E-state index contributed by atoms with van der Waals surface area (Å²) in [7, 11) is -0.671. The molecular formula is C35H45ClN2O6S. The van der Waals surface area contributed by atoms with E-state index in [2.05, 4.69) is 33.9 Å². The van der Waals surface area contributed by atoms with Crippen molar-refractivity contribution in [1.82, 2.24) is 4.72 Å². The van der Waals surface area contributed by atoms with E-state index in [1.807, 2.05) is 25.1 Å². The second-order valence-electron chi connectivity index (χ2n) is 13.5. The fourth-order valence-electron chi connectivity index (χ4n) is 7.90. The first-order valence-corrected chi connectivity index (χ1v) is 18.1. The molecule has 2 aliphatic heterocycles. The minimum atomic E-state index is -3.98. The molecule has 0 saturated heterocycles. The van der Waals surface area contributed by atoms with E-state index in [1.54, 1.807) is 20.3 Å². The highest BCUT2D eigenvalue weighted by molar-refractivity contribution is 7.90. The number of nitrogens with zero attached hydrogens (tertiary/aromatic N) is 1. The predicted molar refractivity (Wildman–Crippen MR) is 177 cm³/mol. The van der Waals surface area contributed by atoms with Crippen molar-refractivity contribution in [2.24, 2.45) is 17.8 Å². The Morgan fingerprint density at radius 2 is 1.98 bits per heavy atom. The van der Waals surface area contributed by atoms with Gasteiger partial charge in [-0.15, -0.1) is 0 Å². The van der Waals surface area contributed by atoms with Crippen LogP contribution in [0.4, 0.5) is 5.69 Å². The van der Waals surface area contributed by atoms with Crippen molar-refractivity contribution in [3.8, 4) is 5.75 Å². The number of hydrogen-bond donors (Lipinski definition) is 1. The molecule has 1 amide bonds. The van der Waals surface area contributed by atoms with E-state index in [9.17, 15) is 13.2 Å². The number of aryl methyl sites for hydroxylation is 1. The van der Waals surface area contributed by atoms with Gasteiger partial charge in [0.05, 0.1) is 23.6 Å². The van der Waals surface area contributed by atoms with Gasteiger partial charge in [0.25, 0.3) is 5.91 Å². The number of amides is 1. The summed E-state index contributed by atoms with van der Waals surface area (Å²) in [5, 5.41) is -0.0409. The fourth-order valence-corrected chi connectivity index (χ4v) is 9.60. The Hall–Kier alpha value is -2.59. The van der Waals surface area contributed by atoms with E-state index in [4.69, 9.17) is 25.8 Å². The van der Waals surface area contributed by atoms with Crippen LogP contribution < -0.4 is 14.4 Å². The van der Waals surface area contributed by atoms with E-state index in [0.29, 0.717) is 36.2 Å². The number of anilines is 1. The molecule has 0 unspecified atom stereocenters. The molecule has 1 spiro atoms. The zero-order valence-corrected chi connectivity index (χ0v) is 28.0. The molecule has 2 bridgehead atoms. The highest BCUT2D eigenvalue weighted by Gasteiger charge is 2.44. The number of rotatable bonds is 4. The number of methoxy groups -OCH3 is 2. The van der Waals surface area contributed by atoms with E-state index < -0.39 is 21.2 Å². The molecule has 0 radical (unpaired) electrons. The Morgan fingerprint density at radius 3 is 2.73 bits per heavy atom. The van der Waals surface area contributed by atoms with Gasteiger partial charge in [0.15, 0.2) is 0 Å². The quantitative estimate of drug-likeness (QED) is 0.409. The molecule has 1 N–H and O–H groups in total. The Kier molecular flexibility index (Phi) is 9.53. The summed E-state index contributed by atoms with van der Waals surface area (Å²) in [5.74, 6) is 0.779. The van der Waals surface area contributed by atoms with Crippen molar-refractivity contribution < 1.29 is 27.4 Å². The summed E-state index contributed by atoms with van der Waals surface area (Å²) in [6, 6.07) is 11.5. The van der Waals surface area contributed by atoms with Crippen LogP contribution in [0.3, 0.4) is 0 Å². The minimum Gasteiger partial charge on any atom is -0.490 e. The minimum absolute atomic E-state index is 0.0315. The molecule has 244 valence electrons. The van der Waals surface area contributed by atoms with Crippen molar-refractivity contribution in [3.63, 3.8) is 0 Å². The second-order valence-corrected chi connectivity index (χ2v) is 15.9. The number of allylic oxidation sites excluding steroid dienone is 1. The molecule has 4 aliphatic rings. The van der Waals surface area contributed by atoms with Crippen molar-refractivity contribution in [2.75, 3.05) is 45.4 Å². The standard InChI is InChI=1S/C35H45ClN2O6S/c1-23-6-12-32(43-3)29-10-7-26(29)20-38-21-35(15-4-5-24-18-27(36)9-11-30(24)35)22-44-33-13-8-25(19-31(33)38)34(39)37-45(40,41)28(17-23)14-16-42-2/h6,8-9,11-13,18-19,23,26,28-29,32H,4-5,7,10,14-17,20-22H2,1-3H3,(H,37,39)/b12-6+/t23-,26-,28-,29+,32-,35-/m0/s1. The molecule has 10 heteroatoms. The van der Waals surface area contributed by atoms with Crippen LogP contribution in [-0.4, -0.2) is 66.2 Å². The van der Waals surface area contributed by atoms with E-state index in [1.165, 1.54) is 11.1 Å². The third-order valence-electron chi connectivity index (χ3n) is 10.5. The van der Waals surface area contributed by atoms with Crippen LogP contribution in [0.25, 0.3) is 0 Å². The summed E-state index contributed by atoms with van der Waals surface area (Å²) in [6.07, 6.45) is 9.96. The summed E-state index contributed by atoms with van der Waals surface area (Å²) in [4.78, 5) is 16.0. The van der Waals surface area contributed by atoms with Crippen LogP contribution in [0.2, 0.25) is 5.02 Å². The number of hydrogen-bond acceptors (Lipinski definition) is 7. The third-order valence-corrected chi connectivity index (χ3v) is 12.5. The number of carbonyl (C=O) groups is 1. The lowest BCUT2D eigenvalue weighted by Crippen LogP contribution is -2.49. The van der Waals surface area contributed by atoms with Gasteiger partial charge in [-0.2, -0.15) is 0 Å². The molecule has 0 aromatic heterocycles. The molecule has 2 heterocycles. The first kappa shape index (κ1) is 32.4. The monoisotopic (exact) mass is 656 g/mol. The first-order chi connectivity index (χ1) is 21.6. The first-order valence-electron chi connectivity index (χ1n) is 16.2. The van der Waals surface area contributed by atoms with Crippen LogP contribution in [0, 0.1) is 17.8 Å². The van der Waals surface area contributed by atoms with Crippen molar-refractivity contribution in [1.29, 1.82) is 0 Å². The summed E-state index contributed by atoms with van der Waals surface area (Å²) >= 11 is 6.42. The van der Waals surface area contributed by atoms with Gasteiger partial charge in [-0.1, -0.05) is 36.7 Å². The summed E-state index contributed by atoms with van der Waals surface area (Å²) < 4.78 is 47.4. The third kappa shape index (κ3) is 6.64. The number of nitrogens with one attached hydrogen (secondary N) is 1. The highest BCUT2D eigenvalue weighted by atomic mass is 35.5. The van der Waals surface area contributed by atoms with E-state index in [-0.39, 0.29) is 30.5 Å². The van der Waals surface area contributed by atoms with Crippen LogP contribution in [0.15, 0.2) is 48.6 Å². The maximum absolute atomic E-state index is 13.6. The van der Waals surface area contributed by atoms with Crippen LogP contribution >= 0.6 is 11.6 Å². The molecule has 8 nitrogen and oxygen atoms in total. The molecule has 1 saturated carbocycles. The van der Waals surface area contributed by atoms with Crippen molar-refractivity contribution in [2.45, 2.75) is 68.6 Å². The topological polar surface area (TPSA) is 94.2 Å². The van der Waals surface area contributed by atoms with Crippen molar-refractivity contribution >= 4 is 33.2 Å². The maximum Gasteiger partial charge on any atom is 0.264 e. The summed E-state index contributed by atoms with van der Waals surface area (Å²) in [6.45, 7) is 4.32. The van der Waals surface area contributed by atoms with Gasteiger partial charge in [-0.05, 0) is 104 Å². The van der Waals surface area contributed by atoms with Gasteiger partial charge >= 0.3 is 0 Å². The average molecular weight is 657 g/mol. The molecule has 1 fully saturated rings. The predicted octanol–water partition coefficient (Wildman–Crippen LogP) is 5.92. The van der Waals surface area contributed by atoms with Gasteiger partial charge in [-0.3, -0.25) is 4.79 Å². The Labute approximate surface area is 272 Å². The molecule has 2 aromatic carbocycles. The molecule has 2 aliphatic carbocycles. The lowest BCUT2D eigenvalue weighted by atomic mass is 9.68. The maximum atomic E-state index is 13.6. The number of carbonyl (C=O) groups excluding carboxylic acids is 1. The average Bonchev–Trinajstić information content (AvgIpc) is 3.15. The highest BCUT2D eigenvalue weighted by Crippen LogP contribution is 2.47. The number of fused-ring (bicyclic) bond motifs is 4. The molecular weight excluding hydrogens is 612 g/mol. The van der Waals surface area contributed by atoms with Gasteiger partial charge in [0.1, 0.15) is 5.75 Å². The van der Waals surface area contributed by atoms with Crippen molar-refractivity contribution in [3.05, 3.63) is 70.3 Å². The van der Waals surface area contributed by atoms with E-state index >= 15 is 0 Å². The largest absolute Gasteiger partial charge is 0.490 e. The van der Waals surface area contributed by atoms with Crippen LogP contribution in [0.1, 0.15) is 66.9 Å². The zero-order chi connectivity index (χ0) is 31.8. The molecule has 45 heavy (non-hydrogen) atoms. The summed E-state index contributed by atoms with van der Waals surface area (Å²) in [5.41, 5.74) is 3.42. The van der Waals surface area contributed by atoms with E-state index in [0.717, 1.165) is 55.9 Å². The normalized spacial score (nSPS) is 31.9. The fraction of sp³-hybridized carbons (Fsp3) is 0.571. The lowest BCUT2D eigenvalue weighted by molar-refractivity contribution is 0.0130. The number of sulfonamides is 1. The Morgan fingerprint density at radius 1 is 1.13 bits per heavy atom. The van der Waals surface area contributed by atoms with Crippen LogP contribution in [0.5, 0.6) is 5.75 Å².